The van der Waals surface area contributed by atoms with Crippen LogP contribution in [0.2, 0.25) is 0 Å². The monoisotopic (exact) mass is 567 g/mol. The summed E-state index contributed by atoms with van der Waals surface area (Å²) in [6.45, 7) is 15.4. The molecule has 8 heteroatoms. The van der Waals surface area contributed by atoms with Gasteiger partial charge in [0.1, 0.15) is 6.04 Å². The minimum absolute atomic E-state index is 0.0330. The van der Waals surface area contributed by atoms with Crippen molar-refractivity contribution in [2.75, 3.05) is 26.2 Å². The number of amides is 3. The van der Waals surface area contributed by atoms with Crippen LogP contribution in [0.3, 0.4) is 0 Å². The quantitative estimate of drug-likeness (QED) is 0.270. The maximum absolute atomic E-state index is 14.4. The third-order valence-electron chi connectivity index (χ3n) is 9.01. The summed E-state index contributed by atoms with van der Waals surface area (Å²) in [6.07, 6.45) is 7.18. The summed E-state index contributed by atoms with van der Waals surface area (Å²) >= 11 is 1.68. The van der Waals surface area contributed by atoms with Crippen LogP contribution in [0.4, 0.5) is 0 Å². The summed E-state index contributed by atoms with van der Waals surface area (Å²) in [5.41, 5.74) is 1.02. The molecule has 2 bridgehead atoms. The maximum Gasteiger partial charge on any atom is 0.247 e. The molecule has 3 amide bonds. The molecular weight excluding hydrogens is 522 g/mol. The standard InChI is InChI=1S/C32H45N3O4S/c1-6-9-13-18-33(16-7-2)31(39)28-32-22(4)19-25(40-32)26(27(32)30(38)35(28)23(5)21-36)29(37)34(17-8-3)20-24-14-11-10-12-15-24/h7-8,10-12,14-15,22-23,25-28,36H,2-3,6,9,13,16-21H2,1,4-5H3/t22?,23-,25-,26+,27+,28?,32?/m1/s1. The van der Waals surface area contributed by atoms with Crippen molar-refractivity contribution in [1.29, 1.82) is 0 Å². The van der Waals surface area contributed by atoms with Gasteiger partial charge in [-0.3, -0.25) is 14.4 Å². The Hall–Kier alpha value is -2.58. The lowest BCUT2D eigenvalue weighted by molar-refractivity contribution is -0.147. The van der Waals surface area contributed by atoms with Crippen molar-refractivity contribution >= 4 is 29.5 Å². The van der Waals surface area contributed by atoms with Crippen molar-refractivity contribution in [1.82, 2.24) is 14.7 Å². The van der Waals surface area contributed by atoms with Gasteiger partial charge in [0.15, 0.2) is 0 Å². The molecule has 0 saturated carbocycles. The van der Waals surface area contributed by atoms with E-state index in [1.165, 1.54) is 0 Å². The van der Waals surface area contributed by atoms with Crippen LogP contribution in [0.5, 0.6) is 0 Å². The van der Waals surface area contributed by atoms with Crippen molar-refractivity contribution in [3.63, 3.8) is 0 Å². The molecule has 3 aliphatic heterocycles. The number of hydrogen-bond donors (Lipinski definition) is 1. The third-order valence-corrected chi connectivity index (χ3v) is 11.1. The SMILES string of the molecule is C=CCN(CCCCC)C(=O)C1N([C@H](C)CO)C(=O)[C@@H]2[C@@H](C(=O)N(CC=C)Cc3ccccc3)[C@H]3CC(C)C12S3. The molecule has 1 spiro atoms. The highest BCUT2D eigenvalue weighted by Crippen LogP contribution is 2.69. The third kappa shape index (κ3) is 5.25. The molecule has 0 aliphatic carbocycles. The topological polar surface area (TPSA) is 81.2 Å². The number of likely N-dealkylation sites (tertiary alicyclic amines) is 1. The minimum atomic E-state index is -0.724. The first-order valence-electron chi connectivity index (χ1n) is 14.7. The fourth-order valence-corrected chi connectivity index (χ4v) is 9.55. The Morgan fingerprint density at radius 2 is 1.82 bits per heavy atom. The van der Waals surface area contributed by atoms with E-state index in [-0.39, 0.29) is 35.5 Å². The van der Waals surface area contributed by atoms with Crippen LogP contribution in [-0.4, -0.2) is 85.8 Å². The van der Waals surface area contributed by atoms with E-state index >= 15 is 0 Å². The largest absolute Gasteiger partial charge is 0.394 e. The zero-order valence-electron chi connectivity index (χ0n) is 24.2. The first kappa shape index (κ1) is 30.4. The second kappa shape index (κ2) is 12.9. The molecule has 7 atom stereocenters. The van der Waals surface area contributed by atoms with Gasteiger partial charge in [0.25, 0.3) is 0 Å². The van der Waals surface area contributed by atoms with Crippen molar-refractivity contribution in [2.45, 2.75) is 75.1 Å². The molecule has 40 heavy (non-hydrogen) atoms. The Kier molecular flexibility index (Phi) is 9.83. The molecule has 3 unspecified atom stereocenters. The van der Waals surface area contributed by atoms with Crippen LogP contribution >= 0.6 is 11.8 Å². The van der Waals surface area contributed by atoms with Gasteiger partial charge < -0.3 is 19.8 Å². The molecular formula is C32H45N3O4S. The molecule has 218 valence electrons. The summed E-state index contributed by atoms with van der Waals surface area (Å²) in [5.74, 6) is -1.36. The number of aliphatic hydroxyl groups is 1. The molecule has 0 radical (unpaired) electrons. The number of unbranched alkanes of at least 4 members (excludes halogenated alkanes) is 2. The molecule has 7 nitrogen and oxygen atoms in total. The van der Waals surface area contributed by atoms with Gasteiger partial charge in [-0.15, -0.1) is 24.9 Å². The van der Waals surface area contributed by atoms with E-state index in [1.54, 1.807) is 40.6 Å². The number of hydrogen-bond acceptors (Lipinski definition) is 5. The van der Waals surface area contributed by atoms with Crippen LogP contribution in [0.15, 0.2) is 55.6 Å². The van der Waals surface area contributed by atoms with Gasteiger partial charge >= 0.3 is 0 Å². The second-order valence-electron chi connectivity index (χ2n) is 11.6. The number of fused-ring (bicyclic) bond motifs is 1. The average Bonchev–Trinajstić information content (AvgIpc) is 3.55. The van der Waals surface area contributed by atoms with Crippen LogP contribution in [-0.2, 0) is 20.9 Å². The van der Waals surface area contributed by atoms with E-state index in [4.69, 9.17) is 0 Å². The number of nitrogens with zero attached hydrogens (tertiary/aromatic N) is 3. The summed E-state index contributed by atoms with van der Waals surface area (Å²) < 4.78 is -0.709. The fourth-order valence-electron chi connectivity index (χ4n) is 7.16. The number of carbonyl (C=O) groups is 3. The van der Waals surface area contributed by atoms with E-state index in [2.05, 4.69) is 27.0 Å². The molecule has 1 aromatic carbocycles. The van der Waals surface area contributed by atoms with Gasteiger partial charge in [0.05, 0.1) is 29.2 Å². The lowest BCUT2D eigenvalue weighted by Crippen LogP contribution is -2.59. The van der Waals surface area contributed by atoms with E-state index in [0.29, 0.717) is 26.2 Å². The summed E-state index contributed by atoms with van der Waals surface area (Å²) in [4.78, 5) is 48.3. The van der Waals surface area contributed by atoms with E-state index in [0.717, 1.165) is 31.2 Å². The predicted molar refractivity (Wildman–Crippen MR) is 160 cm³/mol. The van der Waals surface area contributed by atoms with E-state index in [9.17, 15) is 19.5 Å². The highest BCUT2D eigenvalue weighted by Gasteiger charge is 2.76. The van der Waals surface area contributed by atoms with Crippen LogP contribution in [0.25, 0.3) is 0 Å². The molecule has 3 aliphatic rings. The molecule has 4 rings (SSSR count). The van der Waals surface area contributed by atoms with E-state index < -0.39 is 28.7 Å². The first-order valence-corrected chi connectivity index (χ1v) is 15.6. The molecule has 0 aromatic heterocycles. The van der Waals surface area contributed by atoms with Crippen molar-refractivity contribution in [3.05, 3.63) is 61.2 Å². The van der Waals surface area contributed by atoms with Crippen LogP contribution in [0, 0.1) is 17.8 Å². The minimum Gasteiger partial charge on any atom is -0.394 e. The van der Waals surface area contributed by atoms with Crippen molar-refractivity contribution in [2.24, 2.45) is 17.8 Å². The maximum atomic E-state index is 14.4. The molecule has 1 N–H and O–H groups in total. The van der Waals surface area contributed by atoms with Gasteiger partial charge in [-0.25, -0.2) is 0 Å². The lowest BCUT2D eigenvalue weighted by atomic mass is 9.65. The Balaban J connectivity index is 1.73. The second-order valence-corrected chi connectivity index (χ2v) is 13.2. The Labute approximate surface area is 243 Å². The number of benzene rings is 1. The number of aliphatic hydroxyl groups excluding tert-OH is 1. The molecule has 3 heterocycles. The average molecular weight is 568 g/mol. The molecule has 1 aromatic rings. The van der Waals surface area contributed by atoms with Gasteiger partial charge in [0.2, 0.25) is 17.7 Å². The Bertz CT molecular complexity index is 1100. The first-order chi connectivity index (χ1) is 19.3. The molecule has 3 saturated heterocycles. The smallest absolute Gasteiger partial charge is 0.247 e. The predicted octanol–water partition coefficient (Wildman–Crippen LogP) is 4.12. The van der Waals surface area contributed by atoms with Gasteiger partial charge in [-0.05, 0) is 31.2 Å². The lowest BCUT2D eigenvalue weighted by Gasteiger charge is -2.42. The van der Waals surface area contributed by atoms with Crippen molar-refractivity contribution in [3.8, 4) is 0 Å². The zero-order chi connectivity index (χ0) is 29.0. The fraction of sp³-hybridized carbons (Fsp3) is 0.594. The number of rotatable bonds is 14. The number of carbonyl (C=O) groups excluding carboxylic acids is 3. The summed E-state index contributed by atoms with van der Waals surface area (Å²) in [6, 6.07) is 8.60. The highest BCUT2D eigenvalue weighted by molar-refractivity contribution is 8.02. The summed E-state index contributed by atoms with van der Waals surface area (Å²) in [5, 5.41) is 10.2. The molecule has 3 fully saturated rings. The highest BCUT2D eigenvalue weighted by atomic mass is 32.2. The van der Waals surface area contributed by atoms with Crippen LogP contribution in [0.1, 0.15) is 52.0 Å². The van der Waals surface area contributed by atoms with E-state index in [1.807, 2.05) is 35.2 Å². The van der Waals surface area contributed by atoms with Crippen LogP contribution < -0.4 is 0 Å². The van der Waals surface area contributed by atoms with Gasteiger partial charge in [0, 0.05) is 31.4 Å². The Morgan fingerprint density at radius 1 is 1.15 bits per heavy atom. The van der Waals surface area contributed by atoms with Crippen molar-refractivity contribution < 1.29 is 19.5 Å². The van der Waals surface area contributed by atoms with Gasteiger partial charge in [-0.1, -0.05) is 69.2 Å². The zero-order valence-corrected chi connectivity index (χ0v) is 25.0. The normalized spacial score (nSPS) is 29.2. The number of thioether (sulfide) groups is 1. The van der Waals surface area contributed by atoms with Gasteiger partial charge in [-0.2, -0.15) is 0 Å². The Morgan fingerprint density at radius 3 is 2.45 bits per heavy atom. The summed E-state index contributed by atoms with van der Waals surface area (Å²) in [7, 11) is 0.